The van der Waals surface area contributed by atoms with Crippen LogP contribution in [0.2, 0.25) is 10.0 Å². The number of rotatable bonds is 6. The average molecular weight is 396 g/mol. The van der Waals surface area contributed by atoms with Crippen LogP contribution in [0.5, 0.6) is 0 Å². The molecule has 1 fully saturated rings. The van der Waals surface area contributed by atoms with Gasteiger partial charge in [0.25, 0.3) is 5.91 Å². The van der Waals surface area contributed by atoms with Gasteiger partial charge in [-0.25, -0.2) is 0 Å². The molecule has 6 heteroatoms. The van der Waals surface area contributed by atoms with Crippen LogP contribution in [0.3, 0.4) is 0 Å². The number of hydrogen-bond acceptors (Lipinski definition) is 3. The highest BCUT2D eigenvalue weighted by Crippen LogP contribution is 2.27. The number of carbonyl (C=O) groups is 1. The molecule has 1 atom stereocenters. The lowest BCUT2D eigenvalue weighted by Crippen LogP contribution is -2.23. The molecule has 2 aromatic carbocycles. The second-order valence-corrected chi connectivity index (χ2v) is 7.77. The van der Waals surface area contributed by atoms with Gasteiger partial charge in [0.1, 0.15) is 0 Å². The molecule has 1 heterocycles. The molecule has 0 unspecified atom stereocenters. The zero-order valence-corrected chi connectivity index (χ0v) is 16.0. The Kier molecular flexibility index (Phi) is 6.65. The number of hydrogen-bond donors (Lipinski definition) is 1. The smallest absolute Gasteiger partial charge is 0.252 e. The van der Waals surface area contributed by atoms with Gasteiger partial charge in [0.15, 0.2) is 0 Å². The van der Waals surface area contributed by atoms with E-state index >= 15 is 0 Å². The first kappa shape index (κ1) is 18.6. The molecule has 0 saturated carbocycles. The highest BCUT2D eigenvalue weighted by Gasteiger charge is 2.18. The lowest BCUT2D eigenvalue weighted by molar-refractivity contribution is 0.0948. The lowest BCUT2D eigenvalue weighted by atomic mass is 10.2. The Balaban J connectivity index is 1.63. The third-order valence-corrected chi connectivity index (χ3v) is 5.83. The van der Waals surface area contributed by atoms with Gasteiger partial charge in [-0.15, -0.1) is 11.8 Å². The highest BCUT2D eigenvalue weighted by molar-refractivity contribution is 7.99. The molecule has 25 heavy (non-hydrogen) atoms. The van der Waals surface area contributed by atoms with Crippen molar-refractivity contribution in [2.24, 2.45) is 0 Å². The number of thioether (sulfide) groups is 1. The maximum atomic E-state index is 12.6. The molecule has 0 aliphatic carbocycles. The summed E-state index contributed by atoms with van der Waals surface area (Å²) >= 11 is 13.7. The van der Waals surface area contributed by atoms with E-state index in [-0.39, 0.29) is 12.0 Å². The minimum absolute atomic E-state index is 0.110. The molecule has 1 aliphatic rings. The SMILES string of the molecule is O=C(NCc1ccc(Cl)cc1Cl)c1ccccc1SC[C@H]1CCCO1. The van der Waals surface area contributed by atoms with Gasteiger partial charge >= 0.3 is 0 Å². The largest absolute Gasteiger partial charge is 0.377 e. The Labute approximate surface area is 162 Å². The van der Waals surface area contributed by atoms with Crippen molar-refractivity contribution in [1.29, 1.82) is 0 Å². The first-order chi connectivity index (χ1) is 12.1. The van der Waals surface area contributed by atoms with Gasteiger partial charge in [0, 0.05) is 33.8 Å². The van der Waals surface area contributed by atoms with Crippen molar-refractivity contribution in [3.05, 3.63) is 63.6 Å². The van der Waals surface area contributed by atoms with Gasteiger partial charge in [-0.2, -0.15) is 0 Å². The Hall–Kier alpha value is -1.20. The molecule has 0 bridgehead atoms. The van der Waals surface area contributed by atoms with E-state index in [4.69, 9.17) is 27.9 Å². The summed E-state index contributed by atoms with van der Waals surface area (Å²) in [7, 11) is 0. The zero-order valence-electron chi connectivity index (χ0n) is 13.6. The molecular weight excluding hydrogens is 377 g/mol. The van der Waals surface area contributed by atoms with E-state index in [1.165, 1.54) is 0 Å². The van der Waals surface area contributed by atoms with Crippen molar-refractivity contribution in [3.63, 3.8) is 0 Å². The van der Waals surface area contributed by atoms with E-state index in [1.54, 1.807) is 23.9 Å². The molecule has 1 N–H and O–H groups in total. The van der Waals surface area contributed by atoms with Crippen molar-refractivity contribution in [2.45, 2.75) is 30.4 Å². The molecule has 3 nitrogen and oxygen atoms in total. The summed E-state index contributed by atoms with van der Waals surface area (Å²) in [6.45, 7) is 1.20. The number of nitrogens with one attached hydrogen (secondary N) is 1. The zero-order chi connectivity index (χ0) is 17.6. The van der Waals surface area contributed by atoms with Crippen LogP contribution in [0.15, 0.2) is 47.4 Å². The molecule has 0 aromatic heterocycles. The highest BCUT2D eigenvalue weighted by atomic mass is 35.5. The van der Waals surface area contributed by atoms with Crippen LogP contribution in [0.1, 0.15) is 28.8 Å². The van der Waals surface area contributed by atoms with E-state index in [0.29, 0.717) is 22.2 Å². The third kappa shape index (κ3) is 5.14. The minimum atomic E-state index is -0.110. The maximum absolute atomic E-state index is 12.6. The van der Waals surface area contributed by atoms with Crippen LogP contribution >= 0.6 is 35.0 Å². The van der Waals surface area contributed by atoms with Crippen molar-refractivity contribution in [1.82, 2.24) is 5.32 Å². The first-order valence-electron chi connectivity index (χ1n) is 8.19. The summed E-state index contributed by atoms with van der Waals surface area (Å²) in [4.78, 5) is 13.6. The first-order valence-corrected chi connectivity index (χ1v) is 9.93. The van der Waals surface area contributed by atoms with Crippen LogP contribution in [0.25, 0.3) is 0 Å². The van der Waals surface area contributed by atoms with E-state index < -0.39 is 0 Å². The quantitative estimate of drug-likeness (QED) is 0.683. The molecule has 3 rings (SSSR count). The van der Waals surface area contributed by atoms with E-state index in [2.05, 4.69) is 5.32 Å². The summed E-state index contributed by atoms with van der Waals surface area (Å²) in [6, 6.07) is 12.9. The van der Waals surface area contributed by atoms with E-state index in [0.717, 1.165) is 35.7 Å². The van der Waals surface area contributed by atoms with Crippen LogP contribution < -0.4 is 5.32 Å². The molecule has 1 saturated heterocycles. The summed E-state index contributed by atoms with van der Waals surface area (Å²) in [6.07, 6.45) is 2.50. The normalized spacial score (nSPS) is 16.8. The third-order valence-electron chi connectivity index (χ3n) is 4.03. The molecule has 1 amide bonds. The van der Waals surface area contributed by atoms with Gasteiger partial charge in [-0.05, 0) is 42.7 Å². The minimum Gasteiger partial charge on any atom is -0.377 e. The van der Waals surface area contributed by atoms with Gasteiger partial charge in [-0.1, -0.05) is 41.4 Å². The van der Waals surface area contributed by atoms with Crippen molar-refractivity contribution < 1.29 is 9.53 Å². The Morgan fingerprint density at radius 1 is 1.24 bits per heavy atom. The summed E-state index contributed by atoms with van der Waals surface area (Å²) in [5.41, 5.74) is 1.51. The van der Waals surface area contributed by atoms with Crippen LogP contribution in [-0.2, 0) is 11.3 Å². The average Bonchev–Trinajstić information content (AvgIpc) is 3.13. The molecular formula is C19H19Cl2NO2S. The standard InChI is InChI=1S/C19H19Cl2NO2S/c20-14-8-7-13(17(21)10-14)11-22-19(23)16-5-1-2-6-18(16)25-12-15-4-3-9-24-15/h1-2,5-8,10,15H,3-4,9,11-12H2,(H,22,23)/t15-/m1/s1. The fourth-order valence-electron chi connectivity index (χ4n) is 2.67. The lowest BCUT2D eigenvalue weighted by Gasteiger charge is -2.13. The predicted octanol–water partition coefficient (Wildman–Crippen LogP) is 5.19. The number of ether oxygens (including phenoxy) is 1. The van der Waals surface area contributed by atoms with Crippen molar-refractivity contribution in [3.8, 4) is 0 Å². The van der Waals surface area contributed by atoms with Gasteiger partial charge < -0.3 is 10.1 Å². The fraction of sp³-hybridized carbons (Fsp3) is 0.316. The van der Waals surface area contributed by atoms with Crippen molar-refractivity contribution >= 4 is 40.9 Å². The second-order valence-electron chi connectivity index (χ2n) is 5.86. The number of halogens is 2. The molecule has 0 spiro atoms. The second kappa shape index (κ2) is 8.95. The molecule has 1 aliphatic heterocycles. The summed E-state index contributed by atoms with van der Waals surface area (Å²) < 4.78 is 5.66. The van der Waals surface area contributed by atoms with E-state index in [9.17, 15) is 4.79 Å². The molecule has 0 radical (unpaired) electrons. The molecule has 2 aromatic rings. The molecule has 132 valence electrons. The maximum Gasteiger partial charge on any atom is 0.252 e. The fourth-order valence-corrected chi connectivity index (χ4v) is 4.27. The Morgan fingerprint density at radius 3 is 2.84 bits per heavy atom. The number of amides is 1. The van der Waals surface area contributed by atoms with Crippen molar-refractivity contribution in [2.75, 3.05) is 12.4 Å². The Bertz CT molecular complexity index is 748. The van der Waals surface area contributed by atoms with Crippen LogP contribution in [0, 0.1) is 0 Å². The van der Waals surface area contributed by atoms with Crippen LogP contribution in [0.4, 0.5) is 0 Å². The van der Waals surface area contributed by atoms with Gasteiger partial charge in [0.2, 0.25) is 0 Å². The Morgan fingerprint density at radius 2 is 2.08 bits per heavy atom. The number of benzene rings is 2. The van der Waals surface area contributed by atoms with Crippen LogP contribution in [-0.4, -0.2) is 24.4 Å². The van der Waals surface area contributed by atoms with Gasteiger partial charge in [-0.3, -0.25) is 4.79 Å². The van der Waals surface area contributed by atoms with Gasteiger partial charge in [0.05, 0.1) is 11.7 Å². The predicted molar refractivity (Wildman–Crippen MR) is 104 cm³/mol. The number of carbonyl (C=O) groups excluding carboxylic acids is 1. The summed E-state index contributed by atoms with van der Waals surface area (Å²) in [5, 5.41) is 4.06. The van der Waals surface area contributed by atoms with E-state index in [1.807, 2.05) is 30.3 Å². The monoisotopic (exact) mass is 395 g/mol. The summed E-state index contributed by atoms with van der Waals surface area (Å²) in [5.74, 6) is 0.759. The topological polar surface area (TPSA) is 38.3 Å².